The van der Waals surface area contributed by atoms with E-state index < -0.39 is 27.5 Å². The molecule has 0 saturated heterocycles. The molecule has 0 fully saturated rings. The number of carboxylic acids is 1. The van der Waals surface area contributed by atoms with E-state index >= 15 is 0 Å². The third-order valence-corrected chi connectivity index (χ3v) is 4.87. The predicted molar refractivity (Wildman–Crippen MR) is 73.6 cm³/mol. The molecule has 0 aliphatic heterocycles. The summed E-state index contributed by atoms with van der Waals surface area (Å²) < 4.78 is 31.6. The van der Waals surface area contributed by atoms with E-state index in [0.717, 1.165) is 7.11 Å². The zero-order valence-electron chi connectivity index (χ0n) is 12.4. The molecule has 8 nitrogen and oxygen atoms in total. The van der Waals surface area contributed by atoms with Crippen molar-refractivity contribution in [1.29, 1.82) is 0 Å². The van der Waals surface area contributed by atoms with Gasteiger partial charge in [0.05, 0.1) is 7.11 Å². The average molecular weight is 318 g/mol. The number of aromatic amines is 1. The van der Waals surface area contributed by atoms with E-state index in [2.05, 4.69) is 14.4 Å². The first-order valence-corrected chi connectivity index (χ1v) is 7.47. The van der Waals surface area contributed by atoms with E-state index in [4.69, 9.17) is 5.11 Å². The molecule has 1 rings (SSSR count). The number of nitrogens with one attached hydrogen (secondary N) is 2. The normalized spacial score (nSPS) is 12.2. The minimum atomic E-state index is -4.09. The number of aryl methyl sites for hydroxylation is 1. The molecule has 0 aliphatic carbocycles. The van der Waals surface area contributed by atoms with Crippen LogP contribution in [0.5, 0.6) is 0 Å². The van der Waals surface area contributed by atoms with Crippen LogP contribution in [-0.2, 0) is 19.6 Å². The zero-order valence-corrected chi connectivity index (χ0v) is 13.2. The van der Waals surface area contributed by atoms with Crippen LogP contribution >= 0.6 is 0 Å². The van der Waals surface area contributed by atoms with Gasteiger partial charge in [-0.2, -0.15) is 4.72 Å². The van der Waals surface area contributed by atoms with Gasteiger partial charge in [0.15, 0.2) is 0 Å². The molecule has 3 N–H and O–H groups in total. The number of carboxylic acid groups (broad SMARTS) is 1. The van der Waals surface area contributed by atoms with Crippen LogP contribution in [0.3, 0.4) is 0 Å². The SMILES string of the molecule is COC(=O)C(C)(C)NS(=O)(=O)c1c(C)[nH]c(C(=O)O)c1C. The van der Waals surface area contributed by atoms with Gasteiger partial charge < -0.3 is 14.8 Å². The van der Waals surface area contributed by atoms with Gasteiger partial charge in [-0.3, -0.25) is 4.79 Å². The Morgan fingerprint density at radius 1 is 1.29 bits per heavy atom. The summed E-state index contributed by atoms with van der Waals surface area (Å²) in [5, 5.41) is 9.01. The molecule has 1 aromatic rings. The fourth-order valence-electron chi connectivity index (χ4n) is 2.03. The van der Waals surface area contributed by atoms with Gasteiger partial charge in [0.25, 0.3) is 0 Å². The van der Waals surface area contributed by atoms with Crippen molar-refractivity contribution in [2.75, 3.05) is 7.11 Å². The lowest BCUT2D eigenvalue weighted by molar-refractivity contribution is -0.146. The first kappa shape index (κ1) is 17.2. The van der Waals surface area contributed by atoms with Crippen molar-refractivity contribution in [3.05, 3.63) is 17.0 Å². The van der Waals surface area contributed by atoms with Gasteiger partial charge >= 0.3 is 11.9 Å². The molecule has 21 heavy (non-hydrogen) atoms. The second-order valence-corrected chi connectivity index (χ2v) is 6.73. The number of aromatic carboxylic acids is 1. The van der Waals surface area contributed by atoms with E-state index in [1.165, 1.54) is 27.7 Å². The molecule has 9 heteroatoms. The Labute approximate surface area is 122 Å². The lowest BCUT2D eigenvalue weighted by Gasteiger charge is -2.23. The van der Waals surface area contributed by atoms with Gasteiger partial charge in [-0.15, -0.1) is 0 Å². The average Bonchev–Trinajstić information content (AvgIpc) is 2.62. The van der Waals surface area contributed by atoms with Gasteiger partial charge in [-0.1, -0.05) is 0 Å². The number of ether oxygens (including phenoxy) is 1. The lowest BCUT2D eigenvalue weighted by Crippen LogP contribution is -2.50. The largest absolute Gasteiger partial charge is 0.477 e. The van der Waals surface area contributed by atoms with Crippen molar-refractivity contribution < 1.29 is 27.9 Å². The first-order chi connectivity index (χ1) is 9.44. The number of carbonyl (C=O) groups is 2. The van der Waals surface area contributed by atoms with Crippen molar-refractivity contribution in [1.82, 2.24) is 9.71 Å². The van der Waals surface area contributed by atoms with E-state index in [1.807, 2.05) is 0 Å². The van der Waals surface area contributed by atoms with Gasteiger partial charge in [0.1, 0.15) is 16.1 Å². The van der Waals surface area contributed by atoms with Gasteiger partial charge in [-0.05, 0) is 27.7 Å². The summed E-state index contributed by atoms with van der Waals surface area (Å²) in [5.41, 5.74) is -1.43. The van der Waals surface area contributed by atoms with E-state index in [9.17, 15) is 18.0 Å². The Bertz CT molecular complexity index is 687. The first-order valence-electron chi connectivity index (χ1n) is 5.99. The molecule has 118 valence electrons. The Morgan fingerprint density at radius 3 is 2.19 bits per heavy atom. The highest BCUT2D eigenvalue weighted by Gasteiger charge is 2.36. The van der Waals surface area contributed by atoms with Crippen LogP contribution in [0.4, 0.5) is 0 Å². The van der Waals surface area contributed by atoms with Crippen LogP contribution in [0.25, 0.3) is 0 Å². The highest BCUT2D eigenvalue weighted by Crippen LogP contribution is 2.24. The van der Waals surface area contributed by atoms with E-state index in [1.54, 1.807) is 0 Å². The molecule has 0 spiro atoms. The molecule has 0 aliphatic rings. The topological polar surface area (TPSA) is 126 Å². The van der Waals surface area contributed by atoms with Crippen molar-refractivity contribution in [3.63, 3.8) is 0 Å². The molecular formula is C12H18N2O6S. The minimum Gasteiger partial charge on any atom is -0.477 e. The molecule has 0 aromatic carbocycles. The smallest absolute Gasteiger partial charge is 0.352 e. The maximum Gasteiger partial charge on any atom is 0.352 e. The van der Waals surface area contributed by atoms with Crippen LogP contribution in [0.15, 0.2) is 4.90 Å². The monoisotopic (exact) mass is 318 g/mol. The summed E-state index contributed by atoms with van der Waals surface area (Å²) in [6, 6.07) is 0. The van der Waals surface area contributed by atoms with Crippen molar-refractivity contribution in [2.45, 2.75) is 38.1 Å². The molecule has 0 atom stereocenters. The Morgan fingerprint density at radius 2 is 1.81 bits per heavy atom. The number of aromatic nitrogens is 1. The number of esters is 1. The summed E-state index contributed by atoms with van der Waals surface area (Å²) in [4.78, 5) is 24.9. The fourth-order valence-corrected chi connectivity index (χ4v) is 3.85. The van der Waals surface area contributed by atoms with E-state index in [-0.39, 0.29) is 21.8 Å². The molecule has 1 aromatic heterocycles. The summed E-state index contributed by atoms with van der Waals surface area (Å²) in [6.45, 7) is 5.53. The van der Waals surface area contributed by atoms with Crippen molar-refractivity contribution in [3.8, 4) is 0 Å². The molecule has 1 heterocycles. The van der Waals surface area contributed by atoms with Gasteiger partial charge in [-0.25, -0.2) is 13.2 Å². The maximum absolute atomic E-state index is 12.4. The second-order valence-electron chi connectivity index (χ2n) is 5.11. The summed E-state index contributed by atoms with van der Waals surface area (Å²) >= 11 is 0. The second kappa shape index (κ2) is 5.49. The molecule has 0 unspecified atom stereocenters. The lowest BCUT2D eigenvalue weighted by atomic mass is 10.1. The third kappa shape index (κ3) is 3.24. The highest BCUT2D eigenvalue weighted by molar-refractivity contribution is 7.89. The Balaban J connectivity index is 3.34. The summed E-state index contributed by atoms with van der Waals surface area (Å²) in [7, 11) is -2.95. The van der Waals surface area contributed by atoms with Crippen molar-refractivity contribution >= 4 is 22.0 Å². The quantitative estimate of drug-likeness (QED) is 0.681. The molecule has 0 amide bonds. The number of H-pyrrole nitrogens is 1. The predicted octanol–water partition coefficient (Wildman–Crippen LogP) is 0.560. The fraction of sp³-hybridized carbons (Fsp3) is 0.500. The molecule has 0 radical (unpaired) electrons. The Kier molecular flexibility index (Phi) is 4.49. The number of hydrogen-bond donors (Lipinski definition) is 3. The van der Waals surface area contributed by atoms with Crippen molar-refractivity contribution in [2.24, 2.45) is 0 Å². The third-order valence-electron chi connectivity index (χ3n) is 2.94. The molecule has 0 bridgehead atoms. The number of methoxy groups -OCH3 is 1. The summed E-state index contributed by atoms with van der Waals surface area (Å²) in [5.74, 6) is -2.01. The van der Waals surface area contributed by atoms with Crippen LogP contribution in [0, 0.1) is 13.8 Å². The molecule has 0 saturated carbocycles. The standard InChI is InChI=1S/C12H18N2O6S/c1-6-8(10(15)16)13-7(2)9(6)21(18,19)14-12(3,4)11(17)20-5/h13-14H,1-5H3,(H,15,16). The number of carbonyl (C=O) groups excluding carboxylic acids is 1. The van der Waals surface area contributed by atoms with Crippen LogP contribution in [0.2, 0.25) is 0 Å². The summed E-state index contributed by atoms with van der Waals surface area (Å²) in [6.07, 6.45) is 0. The maximum atomic E-state index is 12.4. The van der Waals surface area contributed by atoms with Gasteiger partial charge in [0, 0.05) is 11.3 Å². The van der Waals surface area contributed by atoms with E-state index in [0.29, 0.717) is 0 Å². The number of hydrogen-bond acceptors (Lipinski definition) is 5. The zero-order chi connectivity index (χ0) is 16.6. The number of rotatable bonds is 5. The molecular weight excluding hydrogens is 300 g/mol. The van der Waals surface area contributed by atoms with Crippen LogP contribution < -0.4 is 4.72 Å². The highest BCUT2D eigenvalue weighted by atomic mass is 32.2. The van der Waals surface area contributed by atoms with Crippen LogP contribution in [0.1, 0.15) is 35.6 Å². The Hall–Kier alpha value is -1.87. The minimum absolute atomic E-state index is 0.0770. The number of sulfonamides is 1. The van der Waals surface area contributed by atoms with Gasteiger partial charge in [0.2, 0.25) is 10.0 Å². The van der Waals surface area contributed by atoms with Crippen LogP contribution in [-0.4, -0.2) is 43.1 Å².